The summed E-state index contributed by atoms with van der Waals surface area (Å²) >= 11 is 0. The maximum Gasteiger partial charge on any atom is 0.311 e. The Morgan fingerprint density at radius 2 is 1.23 bits per heavy atom. The van der Waals surface area contributed by atoms with Gasteiger partial charge in [-0.2, -0.15) is 0 Å². The lowest BCUT2D eigenvalue weighted by Gasteiger charge is -2.45. The standard InChI is InChI=1S/C47H71NO17/c1-27-17-15-13-11-9-7-5-6-8-10-12-14-16-18-34(64-46-44(58)41(48)43(57)30(4)63-46)24-38-40(45(59)60)37(54)26-47(61,65-38)25-36(53)35(52)20-19-31(49)21-32(50)22-33(51)23-39(55)62-29(3)28(2)42(27)56/h5-18,27-30,32-38,40-44,46,50-54,56-58,61H,19-26,48H2,1-4H3,(H,59,60)/b6-5+,9-7+,10-8+,13-11+,14-12+,17-15+,18-16+. The highest BCUT2D eigenvalue weighted by Gasteiger charge is 2.51. The smallest absolute Gasteiger partial charge is 0.311 e. The molecule has 0 aromatic rings. The summed E-state index contributed by atoms with van der Waals surface area (Å²) < 4.78 is 23.1. The Morgan fingerprint density at radius 1 is 0.692 bits per heavy atom. The van der Waals surface area contributed by atoms with Crippen LogP contribution in [0.4, 0.5) is 0 Å². The lowest BCUT2D eigenvalue weighted by molar-refractivity contribution is -0.310. The number of aliphatic hydroxyl groups excluding tert-OH is 8. The molecule has 0 saturated carbocycles. The van der Waals surface area contributed by atoms with Crippen molar-refractivity contribution >= 4 is 17.7 Å². The van der Waals surface area contributed by atoms with Gasteiger partial charge in [-0.15, -0.1) is 0 Å². The van der Waals surface area contributed by atoms with Crippen LogP contribution in [0, 0.1) is 17.8 Å². The van der Waals surface area contributed by atoms with E-state index in [0.717, 1.165) is 0 Å². The molecule has 18 nitrogen and oxygen atoms in total. The van der Waals surface area contributed by atoms with Gasteiger partial charge >= 0.3 is 11.9 Å². The highest BCUT2D eigenvalue weighted by Crippen LogP contribution is 2.38. The first kappa shape index (κ1) is 55.6. The average molecular weight is 922 g/mol. The van der Waals surface area contributed by atoms with Crippen molar-refractivity contribution in [1.29, 1.82) is 0 Å². The van der Waals surface area contributed by atoms with Crippen molar-refractivity contribution in [1.82, 2.24) is 0 Å². The third-order valence-electron chi connectivity index (χ3n) is 11.9. The second-order valence-electron chi connectivity index (χ2n) is 17.4. The summed E-state index contributed by atoms with van der Waals surface area (Å²) in [6.07, 6.45) is 3.67. The van der Waals surface area contributed by atoms with Crippen molar-refractivity contribution in [3.63, 3.8) is 0 Å². The van der Waals surface area contributed by atoms with Gasteiger partial charge in [0.05, 0.1) is 73.5 Å². The summed E-state index contributed by atoms with van der Waals surface area (Å²) in [5.74, 6) is -7.51. The topological polar surface area (TPSA) is 316 Å². The van der Waals surface area contributed by atoms with Crippen molar-refractivity contribution in [2.75, 3.05) is 0 Å². The first-order valence-electron chi connectivity index (χ1n) is 22.2. The lowest BCUT2D eigenvalue weighted by Crippen LogP contribution is -2.61. The minimum atomic E-state index is -2.38. The molecule has 2 bridgehead atoms. The molecule has 2 fully saturated rings. The summed E-state index contributed by atoms with van der Waals surface area (Å²) in [6, 6.07) is -1.15. The first-order valence-corrected chi connectivity index (χ1v) is 22.2. The maximum absolute atomic E-state index is 12.7. The van der Waals surface area contributed by atoms with Crippen LogP contribution in [0.15, 0.2) is 85.1 Å². The van der Waals surface area contributed by atoms with E-state index >= 15 is 0 Å². The van der Waals surface area contributed by atoms with Crippen LogP contribution in [0.25, 0.3) is 0 Å². The summed E-state index contributed by atoms with van der Waals surface area (Å²) in [4.78, 5) is 37.8. The quantitative estimate of drug-likeness (QED) is 0.175. The Kier molecular flexibility index (Phi) is 23.2. The molecule has 0 aliphatic carbocycles. The first-order chi connectivity index (χ1) is 30.6. The normalized spacial score (nSPS) is 44.4. The summed E-state index contributed by atoms with van der Waals surface area (Å²) in [6.45, 7) is 6.70. The number of esters is 1. The van der Waals surface area contributed by atoms with Crippen molar-refractivity contribution in [2.45, 2.75) is 170 Å². The number of Topliss-reactive ketones (excluding diaryl/α,β-unsaturated/α-hetero) is 1. The van der Waals surface area contributed by atoms with Crippen LogP contribution in [-0.2, 0) is 33.3 Å². The Balaban J connectivity index is 1.86. The molecule has 366 valence electrons. The van der Waals surface area contributed by atoms with Gasteiger partial charge in [-0.05, 0) is 20.3 Å². The minimum absolute atomic E-state index is 0.291. The van der Waals surface area contributed by atoms with Gasteiger partial charge in [0.1, 0.15) is 23.9 Å². The molecule has 3 rings (SSSR count). The summed E-state index contributed by atoms with van der Waals surface area (Å²) in [5, 5.41) is 107. The number of carboxylic acids is 1. The van der Waals surface area contributed by atoms with E-state index in [1.54, 1.807) is 86.8 Å². The highest BCUT2D eigenvalue weighted by molar-refractivity contribution is 5.78. The van der Waals surface area contributed by atoms with Crippen LogP contribution in [0.1, 0.15) is 79.1 Å². The molecule has 0 spiro atoms. The molecular weight excluding hydrogens is 851 g/mol. The van der Waals surface area contributed by atoms with Crippen LogP contribution >= 0.6 is 0 Å². The van der Waals surface area contributed by atoms with E-state index in [-0.39, 0.29) is 31.6 Å². The number of aliphatic carboxylic acids is 1. The average Bonchev–Trinajstić information content (AvgIpc) is 3.21. The van der Waals surface area contributed by atoms with E-state index in [2.05, 4.69) is 0 Å². The second kappa shape index (κ2) is 27.2. The van der Waals surface area contributed by atoms with E-state index < -0.39 is 147 Å². The van der Waals surface area contributed by atoms with Crippen LogP contribution in [0.5, 0.6) is 0 Å². The summed E-state index contributed by atoms with van der Waals surface area (Å²) in [7, 11) is 0. The predicted molar refractivity (Wildman–Crippen MR) is 236 cm³/mol. The number of ether oxygens (including phenoxy) is 4. The lowest BCUT2D eigenvalue weighted by atomic mass is 9.82. The van der Waals surface area contributed by atoms with E-state index in [1.807, 2.05) is 13.0 Å². The van der Waals surface area contributed by atoms with E-state index in [1.165, 1.54) is 13.0 Å². The van der Waals surface area contributed by atoms with Gasteiger partial charge in [-0.25, -0.2) is 0 Å². The highest BCUT2D eigenvalue weighted by atomic mass is 16.7. The fourth-order valence-corrected chi connectivity index (χ4v) is 7.82. The predicted octanol–water partition coefficient (Wildman–Crippen LogP) is 0.920. The zero-order valence-electron chi connectivity index (χ0n) is 37.5. The second-order valence-corrected chi connectivity index (χ2v) is 17.4. The van der Waals surface area contributed by atoms with Crippen molar-refractivity contribution in [2.24, 2.45) is 23.5 Å². The molecule has 3 heterocycles. The van der Waals surface area contributed by atoms with Gasteiger partial charge in [0.15, 0.2) is 12.1 Å². The molecule has 18 heteroatoms. The van der Waals surface area contributed by atoms with Crippen molar-refractivity contribution < 1.29 is 84.4 Å². The van der Waals surface area contributed by atoms with Crippen molar-refractivity contribution in [3.8, 4) is 0 Å². The molecule has 3 aliphatic rings. The van der Waals surface area contributed by atoms with Crippen LogP contribution in [0.3, 0.4) is 0 Å². The van der Waals surface area contributed by atoms with Gasteiger partial charge in [0.2, 0.25) is 0 Å². The number of cyclic esters (lactones) is 1. The molecule has 18 unspecified atom stereocenters. The monoisotopic (exact) mass is 921 g/mol. The maximum atomic E-state index is 12.7. The molecule has 0 aromatic heterocycles. The number of ketones is 1. The third kappa shape index (κ3) is 18.5. The number of hydrogen-bond donors (Lipinski definition) is 11. The van der Waals surface area contributed by atoms with E-state index in [9.17, 15) is 65.4 Å². The van der Waals surface area contributed by atoms with Gasteiger partial charge in [0, 0.05) is 50.4 Å². The molecule has 2 saturated heterocycles. The molecule has 0 radical (unpaired) electrons. The fraction of sp³-hybridized carbons (Fsp3) is 0.638. The van der Waals surface area contributed by atoms with Gasteiger partial charge in [0.25, 0.3) is 0 Å². The largest absolute Gasteiger partial charge is 0.481 e. The number of allylic oxidation sites excluding steroid dienone is 12. The van der Waals surface area contributed by atoms with Crippen LogP contribution in [0.2, 0.25) is 0 Å². The zero-order chi connectivity index (χ0) is 48.4. The molecule has 0 aromatic carbocycles. The summed E-state index contributed by atoms with van der Waals surface area (Å²) in [5.41, 5.74) is 6.01. The van der Waals surface area contributed by atoms with Crippen LogP contribution < -0.4 is 5.73 Å². The number of carbonyl (C=O) groups is 3. The fourth-order valence-electron chi connectivity index (χ4n) is 7.82. The van der Waals surface area contributed by atoms with Crippen molar-refractivity contribution in [3.05, 3.63) is 85.1 Å². The number of rotatable bonds is 3. The van der Waals surface area contributed by atoms with E-state index in [0.29, 0.717) is 0 Å². The zero-order valence-corrected chi connectivity index (χ0v) is 37.5. The SMILES string of the molecule is CC1/C=C/C=C/C=C/C=C/C=C/C=C/C=C/C(OC2OC(C)C(O)C(N)C2O)CC2OC(O)(CC(O)C(O)CCC(=O)CC(O)CC(O)CC(=O)OC(C)C(C)C1O)CC(O)C2C(=O)O. The Bertz CT molecular complexity index is 1710. The number of aliphatic hydroxyl groups is 9. The molecule has 0 amide bonds. The van der Waals surface area contributed by atoms with Gasteiger partial charge in [-0.3, -0.25) is 14.4 Å². The molecular formula is C47H71NO17. The Morgan fingerprint density at radius 3 is 1.82 bits per heavy atom. The number of nitrogens with two attached hydrogens (primary N) is 1. The number of carboxylic acid groups (broad SMARTS) is 1. The van der Waals surface area contributed by atoms with Gasteiger partial charge in [-0.1, -0.05) is 98.9 Å². The van der Waals surface area contributed by atoms with Crippen LogP contribution in [-0.4, -0.2) is 160 Å². The Labute approximate surface area is 380 Å². The van der Waals surface area contributed by atoms with E-state index in [4.69, 9.17) is 24.7 Å². The van der Waals surface area contributed by atoms with Gasteiger partial charge < -0.3 is 75.7 Å². The number of hydrogen-bond acceptors (Lipinski definition) is 17. The molecule has 18 atom stereocenters. The number of carbonyl (C=O) groups excluding carboxylic acids is 2. The molecule has 65 heavy (non-hydrogen) atoms. The molecule has 3 aliphatic heterocycles. The number of fused-ring (bicyclic) bond motifs is 2. The Hall–Kier alpha value is -3.73. The third-order valence-corrected chi connectivity index (χ3v) is 11.9. The minimum Gasteiger partial charge on any atom is -0.481 e. The molecule has 12 N–H and O–H groups in total.